The molecule has 61 heavy (non-hydrogen) atoms. The number of benzene rings is 3. The Morgan fingerprint density at radius 2 is 0.951 bits per heavy atom. The molecular weight excluding hydrogens is 763 g/mol. The highest BCUT2D eigenvalue weighted by Crippen LogP contribution is 2.38. The molecule has 2 fully saturated rings. The number of carbonyl (C=O) groups is 2. The molecule has 0 radical (unpaired) electrons. The first-order valence-corrected chi connectivity index (χ1v) is 21.6. The van der Waals surface area contributed by atoms with Crippen LogP contribution in [-0.4, -0.2) is 70.8 Å². The quantitative estimate of drug-likeness (QED) is 0.165. The van der Waals surface area contributed by atoms with Crippen LogP contribution in [0.3, 0.4) is 0 Å². The van der Waals surface area contributed by atoms with E-state index in [0.29, 0.717) is 13.1 Å². The lowest BCUT2D eigenvalue weighted by molar-refractivity contribution is 0.0208. The van der Waals surface area contributed by atoms with E-state index >= 15 is 0 Å². The number of likely N-dealkylation sites (tertiary alicyclic amines) is 2. The van der Waals surface area contributed by atoms with Crippen LogP contribution < -0.4 is 0 Å². The van der Waals surface area contributed by atoms with Crippen molar-refractivity contribution in [2.24, 2.45) is 0 Å². The lowest BCUT2D eigenvalue weighted by Crippen LogP contribution is -2.36. The predicted molar refractivity (Wildman–Crippen MR) is 240 cm³/mol. The first-order valence-electron chi connectivity index (χ1n) is 21.6. The number of carbonyl (C=O) groups excluding carboxylic acids is 2. The molecule has 2 aliphatic heterocycles. The maximum absolute atomic E-state index is 13.0. The summed E-state index contributed by atoms with van der Waals surface area (Å²) < 4.78 is 13.7. The van der Waals surface area contributed by atoms with E-state index in [1.54, 1.807) is 9.80 Å². The number of amides is 2. The van der Waals surface area contributed by atoms with Gasteiger partial charge in [-0.15, -0.1) is 0 Å². The number of H-pyrrole nitrogens is 2. The van der Waals surface area contributed by atoms with Crippen LogP contribution in [-0.2, 0) is 14.9 Å². The Morgan fingerprint density at radius 3 is 1.33 bits per heavy atom. The molecule has 2 atom stereocenters. The first-order chi connectivity index (χ1) is 28.9. The van der Waals surface area contributed by atoms with Crippen LogP contribution in [0.1, 0.15) is 117 Å². The van der Waals surface area contributed by atoms with Crippen molar-refractivity contribution in [1.29, 1.82) is 0 Å². The molecule has 0 spiro atoms. The summed E-state index contributed by atoms with van der Waals surface area (Å²) >= 11 is 0. The van der Waals surface area contributed by atoms with Crippen molar-refractivity contribution in [3.05, 3.63) is 115 Å². The van der Waals surface area contributed by atoms with E-state index in [9.17, 15) is 9.59 Å². The number of nitrogens with zero attached hydrogens (tertiary/aromatic N) is 5. The summed E-state index contributed by atoms with van der Waals surface area (Å²) in [5.41, 5.74) is 9.40. The number of hydrogen-bond acceptors (Lipinski definition) is 6. The summed E-state index contributed by atoms with van der Waals surface area (Å²) in [7, 11) is 0. The Morgan fingerprint density at radius 1 is 0.557 bits per heavy atom. The molecule has 3 aromatic heterocycles. The third kappa shape index (κ3) is 9.02. The molecule has 5 heterocycles. The lowest BCUT2D eigenvalue weighted by atomic mass is 9.87. The Kier molecular flexibility index (Phi) is 11.0. The molecule has 0 saturated carbocycles. The van der Waals surface area contributed by atoms with Gasteiger partial charge in [0.2, 0.25) is 0 Å². The summed E-state index contributed by atoms with van der Waals surface area (Å²) in [5, 5.41) is 0. The molecule has 318 valence electrons. The summed E-state index contributed by atoms with van der Waals surface area (Å²) in [6.07, 6.45) is 6.59. The highest BCUT2D eigenvalue weighted by Gasteiger charge is 2.36. The van der Waals surface area contributed by atoms with Crippen molar-refractivity contribution in [1.82, 2.24) is 34.3 Å². The van der Waals surface area contributed by atoms with Crippen molar-refractivity contribution < 1.29 is 19.1 Å². The molecular formula is C50H59N7O4. The monoisotopic (exact) mass is 821 g/mol. The topological polar surface area (TPSA) is 121 Å². The highest BCUT2D eigenvalue weighted by atomic mass is 16.6. The molecule has 3 aromatic carbocycles. The van der Waals surface area contributed by atoms with Gasteiger partial charge in [-0.25, -0.2) is 19.6 Å². The predicted octanol–water partition coefficient (Wildman–Crippen LogP) is 12.0. The van der Waals surface area contributed by atoms with Crippen molar-refractivity contribution >= 4 is 12.2 Å². The standard InChI is InChI=1S/C50H59N7O4/c1-48(2,3)36-22-24-37(25-23-36)57-40(34-18-14-32(15-19-34)38-30-51-44(53-38)42-12-10-28-55(42)46(58)60-49(4,5)6)26-27-41(57)35-20-16-33(17-21-35)39-31-52-45(54-39)43-13-11-29-56(43)47(59)61-50(7,8)9/h14-27,30-31,42-43H,10-13,28-29H2,1-9H3,(H,51,53)(H,52,54). The maximum Gasteiger partial charge on any atom is 0.410 e. The van der Waals surface area contributed by atoms with Crippen LogP contribution >= 0.6 is 0 Å². The van der Waals surface area contributed by atoms with Gasteiger partial charge >= 0.3 is 12.2 Å². The Hall–Kier alpha value is -6.10. The molecule has 2 saturated heterocycles. The second-order valence-electron chi connectivity index (χ2n) is 19.4. The van der Waals surface area contributed by atoms with Crippen LogP contribution in [0.25, 0.3) is 50.7 Å². The second kappa shape index (κ2) is 16.1. The molecule has 11 nitrogen and oxygen atoms in total. The summed E-state index contributed by atoms with van der Waals surface area (Å²) in [6.45, 7) is 19.4. The molecule has 11 heteroatoms. The van der Waals surface area contributed by atoms with Crippen LogP contribution in [0.15, 0.2) is 97.3 Å². The van der Waals surface area contributed by atoms with E-state index in [1.807, 2.05) is 53.9 Å². The largest absolute Gasteiger partial charge is 0.444 e. The Bertz CT molecular complexity index is 2350. The van der Waals surface area contributed by atoms with E-state index in [0.717, 1.165) is 88.0 Å². The van der Waals surface area contributed by atoms with Gasteiger partial charge < -0.3 is 24.0 Å². The summed E-state index contributed by atoms with van der Waals surface area (Å²) in [6, 6.07) is 30.1. The third-order valence-electron chi connectivity index (χ3n) is 11.4. The normalized spacial score (nSPS) is 17.3. The Balaban J connectivity index is 1.06. The number of rotatable bonds is 7. The zero-order chi connectivity index (χ0) is 43.3. The van der Waals surface area contributed by atoms with Gasteiger partial charge in [0.1, 0.15) is 22.9 Å². The maximum atomic E-state index is 13.0. The zero-order valence-electron chi connectivity index (χ0n) is 37.0. The van der Waals surface area contributed by atoms with Crippen LogP contribution in [0.4, 0.5) is 9.59 Å². The highest BCUT2D eigenvalue weighted by molar-refractivity contribution is 5.76. The molecule has 0 bridgehead atoms. The Labute approximate surface area is 359 Å². The van der Waals surface area contributed by atoms with Gasteiger partial charge in [0.05, 0.1) is 47.3 Å². The third-order valence-corrected chi connectivity index (χ3v) is 11.4. The van der Waals surface area contributed by atoms with E-state index in [-0.39, 0.29) is 29.7 Å². The van der Waals surface area contributed by atoms with Crippen LogP contribution in [0.2, 0.25) is 0 Å². The van der Waals surface area contributed by atoms with Crippen molar-refractivity contribution in [3.8, 4) is 50.7 Å². The van der Waals surface area contributed by atoms with Gasteiger partial charge in [-0.2, -0.15) is 0 Å². The number of aromatic amines is 2. The number of nitrogens with one attached hydrogen (secondary N) is 2. The molecule has 6 aromatic rings. The zero-order valence-corrected chi connectivity index (χ0v) is 37.0. The van der Waals surface area contributed by atoms with Crippen molar-refractivity contribution in [2.75, 3.05) is 13.1 Å². The fraction of sp³-hybridized carbons (Fsp3) is 0.400. The van der Waals surface area contributed by atoms with Crippen molar-refractivity contribution in [3.63, 3.8) is 0 Å². The van der Waals surface area contributed by atoms with E-state index in [4.69, 9.17) is 19.4 Å². The molecule has 2 N–H and O–H groups in total. The van der Waals surface area contributed by atoms with Gasteiger partial charge in [0.25, 0.3) is 0 Å². The van der Waals surface area contributed by atoms with Crippen LogP contribution in [0, 0.1) is 0 Å². The molecule has 8 rings (SSSR count). The van der Waals surface area contributed by atoms with Gasteiger partial charge in [-0.05, 0) is 125 Å². The average Bonchev–Trinajstić information content (AvgIpc) is 4.05. The van der Waals surface area contributed by atoms with Gasteiger partial charge in [-0.1, -0.05) is 81.4 Å². The summed E-state index contributed by atoms with van der Waals surface area (Å²) in [4.78, 5) is 46.0. The second-order valence-corrected chi connectivity index (χ2v) is 19.4. The minimum atomic E-state index is -0.557. The van der Waals surface area contributed by atoms with Gasteiger partial charge in [0, 0.05) is 18.8 Å². The van der Waals surface area contributed by atoms with E-state index in [1.165, 1.54) is 5.56 Å². The van der Waals surface area contributed by atoms with Gasteiger partial charge in [0.15, 0.2) is 0 Å². The van der Waals surface area contributed by atoms with Crippen LogP contribution in [0.5, 0.6) is 0 Å². The minimum absolute atomic E-state index is 0.0309. The molecule has 2 amide bonds. The number of hydrogen-bond donors (Lipinski definition) is 2. The molecule has 2 unspecified atom stereocenters. The number of ether oxygens (including phenoxy) is 2. The molecule has 2 aliphatic rings. The SMILES string of the molecule is CC(C)(C)OC(=O)N1CCCC1c1ncc(-c2ccc(-c3ccc(-c4ccc(-c5cnc(C6CCCN6C(=O)OC(C)(C)C)[nH]5)cc4)n3-c3ccc(C(C)(C)C)cc3)cc2)[nH]1. The van der Waals surface area contributed by atoms with Gasteiger partial charge in [-0.3, -0.25) is 9.80 Å². The minimum Gasteiger partial charge on any atom is -0.444 e. The number of aromatic nitrogens is 5. The first kappa shape index (κ1) is 41.6. The lowest BCUT2D eigenvalue weighted by Gasteiger charge is -2.27. The average molecular weight is 822 g/mol. The fourth-order valence-electron chi connectivity index (χ4n) is 8.40. The number of imidazole rings is 2. The van der Waals surface area contributed by atoms with Crippen molar-refractivity contribution in [2.45, 2.75) is 117 Å². The fourth-order valence-corrected chi connectivity index (χ4v) is 8.40. The molecule has 0 aliphatic carbocycles. The van der Waals surface area contributed by atoms with E-state index < -0.39 is 11.2 Å². The smallest absolute Gasteiger partial charge is 0.410 e. The van der Waals surface area contributed by atoms with E-state index in [2.05, 4.69) is 120 Å². The summed E-state index contributed by atoms with van der Waals surface area (Å²) in [5.74, 6) is 1.55.